The number of aliphatic hydroxyl groups excluding tert-OH is 2. The number of unbranched alkanes of at least 4 members (excludes halogenated alkanes) is 31. The van der Waals surface area contributed by atoms with Crippen LogP contribution in [0.1, 0.15) is 278 Å². The molecule has 0 aliphatic rings. The summed E-state index contributed by atoms with van der Waals surface area (Å²) < 4.78 is 5.92. The Hall–Kier alpha value is -1.66. The second-order valence-electron chi connectivity index (χ2n) is 17.9. The molecule has 0 saturated carbocycles. The van der Waals surface area contributed by atoms with Crippen molar-refractivity contribution in [2.24, 2.45) is 0 Å². The molecule has 6 heteroatoms. The Bertz CT molecular complexity index is 935. The standard InChI is InChI=1S/C53H101NO5/c1-4-7-10-13-16-19-22-24-25-26-28-31-33-36-39-42-45-51(56)50(48-55)54-52(57)47-49(44-41-38-35-32-30-27-23-20-17-14-11-8-5-2)59-53(58)46-43-40-37-34-29-21-18-15-12-9-6-3/h15,18,20,23,49-51,55-56H,4-14,16-17,19,21-22,24-48H2,1-3H3,(H,54,57)/b18-15-,23-20-. The fraction of sp³-hybridized carbons (Fsp3) is 0.887. The lowest BCUT2D eigenvalue weighted by atomic mass is 10.0. The number of amides is 1. The summed E-state index contributed by atoms with van der Waals surface area (Å²) >= 11 is 0. The van der Waals surface area contributed by atoms with E-state index in [9.17, 15) is 19.8 Å². The fourth-order valence-electron chi connectivity index (χ4n) is 7.99. The first-order valence-corrected chi connectivity index (χ1v) is 26.1. The van der Waals surface area contributed by atoms with E-state index in [1.165, 1.54) is 167 Å². The van der Waals surface area contributed by atoms with Crippen LogP contribution < -0.4 is 5.32 Å². The molecule has 6 nitrogen and oxygen atoms in total. The van der Waals surface area contributed by atoms with Crippen molar-refractivity contribution in [2.45, 2.75) is 296 Å². The molecule has 0 aliphatic heterocycles. The Morgan fingerprint density at radius 1 is 0.475 bits per heavy atom. The van der Waals surface area contributed by atoms with E-state index in [0.29, 0.717) is 19.3 Å². The van der Waals surface area contributed by atoms with Gasteiger partial charge >= 0.3 is 5.97 Å². The van der Waals surface area contributed by atoms with Crippen molar-refractivity contribution >= 4 is 11.9 Å². The van der Waals surface area contributed by atoms with Gasteiger partial charge in [0.05, 0.1) is 25.2 Å². The molecule has 0 fully saturated rings. The third kappa shape index (κ3) is 42.8. The summed E-state index contributed by atoms with van der Waals surface area (Å²) in [6.07, 6.45) is 53.8. The van der Waals surface area contributed by atoms with Gasteiger partial charge in [0.1, 0.15) is 6.10 Å². The van der Waals surface area contributed by atoms with Crippen LogP contribution in [0.2, 0.25) is 0 Å². The van der Waals surface area contributed by atoms with Gasteiger partial charge in [0, 0.05) is 6.42 Å². The molecule has 0 bridgehead atoms. The molecule has 3 N–H and O–H groups in total. The van der Waals surface area contributed by atoms with Gasteiger partial charge in [-0.05, 0) is 70.6 Å². The summed E-state index contributed by atoms with van der Waals surface area (Å²) in [4.78, 5) is 26.1. The van der Waals surface area contributed by atoms with E-state index in [1.807, 2.05) is 0 Å². The topological polar surface area (TPSA) is 95.9 Å². The van der Waals surface area contributed by atoms with Gasteiger partial charge < -0.3 is 20.3 Å². The highest BCUT2D eigenvalue weighted by atomic mass is 16.5. The minimum Gasteiger partial charge on any atom is -0.462 e. The lowest BCUT2D eigenvalue weighted by molar-refractivity contribution is -0.151. The molecule has 0 aromatic rings. The van der Waals surface area contributed by atoms with Crippen LogP contribution in [0.5, 0.6) is 0 Å². The lowest BCUT2D eigenvalue weighted by Gasteiger charge is -2.24. The molecular weight excluding hydrogens is 731 g/mol. The number of hydrogen-bond donors (Lipinski definition) is 3. The van der Waals surface area contributed by atoms with E-state index in [-0.39, 0.29) is 24.9 Å². The van der Waals surface area contributed by atoms with Crippen LogP contribution >= 0.6 is 0 Å². The van der Waals surface area contributed by atoms with Gasteiger partial charge in [-0.1, -0.05) is 218 Å². The first kappa shape index (κ1) is 57.3. The number of esters is 1. The van der Waals surface area contributed by atoms with Crippen LogP contribution in [0, 0.1) is 0 Å². The highest BCUT2D eigenvalue weighted by molar-refractivity contribution is 5.77. The number of nitrogens with one attached hydrogen (secondary N) is 1. The summed E-state index contributed by atoms with van der Waals surface area (Å²) in [7, 11) is 0. The number of aliphatic hydroxyl groups is 2. The van der Waals surface area contributed by atoms with Crippen LogP contribution in [-0.4, -0.2) is 46.9 Å². The van der Waals surface area contributed by atoms with E-state index in [2.05, 4.69) is 50.4 Å². The quantitative estimate of drug-likeness (QED) is 0.0322. The molecule has 1 amide bonds. The summed E-state index contributed by atoms with van der Waals surface area (Å²) in [6.45, 7) is 6.45. The highest BCUT2D eigenvalue weighted by Gasteiger charge is 2.24. The number of carbonyl (C=O) groups is 2. The monoisotopic (exact) mass is 832 g/mol. The molecule has 3 unspecified atom stereocenters. The molecule has 0 spiro atoms. The summed E-state index contributed by atoms with van der Waals surface area (Å²) in [6, 6.07) is -0.701. The third-order valence-electron chi connectivity index (χ3n) is 12.0. The summed E-state index contributed by atoms with van der Waals surface area (Å²) in [5, 5.41) is 23.8. The molecule has 0 saturated heterocycles. The molecule has 0 aromatic carbocycles. The van der Waals surface area contributed by atoms with Gasteiger partial charge in [0.25, 0.3) is 0 Å². The van der Waals surface area contributed by atoms with Crippen LogP contribution in [0.4, 0.5) is 0 Å². The predicted octanol–water partition coefficient (Wildman–Crippen LogP) is 15.5. The second-order valence-corrected chi connectivity index (χ2v) is 17.9. The number of rotatable bonds is 47. The Morgan fingerprint density at radius 3 is 1.27 bits per heavy atom. The van der Waals surface area contributed by atoms with Crippen molar-refractivity contribution in [1.82, 2.24) is 5.32 Å². The lowest BCUT2D eigenvalue weighted by Crippen LogP contribution is -2.46. The smallest absolute Gasteiger partial charge is 0.306 e. The molecule has 348 valence electrons. The SMILES string of the molecule is CCCC/C=C\CCCCCCCC(=O)OC(CCCCCCC/C=C\CCCCCC)CC(=O)NC(CO)C(O)CCCCCCCCCCCCCCCCCC. The third-order valence-corrected chi connectivity index (χ3v) is 12.0. The van der Waals surface area contributed by atoms with Gasteiger partial charge in [0.2, 0.25) is 5.91 Å². The average molecular weight is 832 g/mol. The molecule has 0 heterocycles. The van der Waals surface area contributed by atoms with Gasteiger partial charge in [-0.2, -0.15) is 0 Å². The Labute approximate surface area is 367 Å². The van der Waals surface area contributed by atoms with Crippen molar-refractivity contribution in [3.05, 3.63) is 24.3 Å². The molecule has 0 rings (SSSR count). The Morgan fingerprint density at radius 2 is 0.831 bits per heavy atom. The van der Waals surface area contributed by atoms with E-state index in [1.54, 1.807) is 0 Å². The van der Waals surface area contributed by atoms with Gasteiger partial charge in [-0.3, -0.25) is 9.59 Å². The van der Waals surface area contributed by atoms with Crippen LogP contribution in [-0.2, 0) is 14.3 Å². The van der Waals surface area contributed by atoms with Crippen molar-refractivity contribution in [3.8, 4) is 0 Å². The fourth-order valence-corrected chi connectivity index (χ4v) is 7.99. The number of carbonyl (C=O) groups excluding carboxylic acids is 2. The molecule has 0 aliphatic carbocycles. The predicted molar refractivity (Wildman–Crippen MR) is 255 cm³/mol. The molecule has 3 atom stereocenters. The van der Waals surface area contributed by atoms with Crippen LogP contribution in [0.3, 0.4) is 0 Å². The Balaban J connectivity index is 4.51. The zero-order valence-corrected chi connectivity index (χ0v) is 39.7. The molecular formula is C53H101NO5. The zero-order chi connectivity index (χ0) is 43.1. The number of hydrogen-bond acceptors (Lipinski definition) is 5. The molecule has 0 radical (unpaired) electrons. The minimum atomic E-state index is -0.787. The summed E-state index contributed by atoms with van der Waals surface area (Å²) in [5.74, 6) is -0.483. The van der Waals surface area contributed by atoms with Crippen molar-refractivity contribution in [3.63, 3.8) is 0 Å². The maximum absolute atomic E-state index is 13.2. The van der Waals surface area contributed by atoms with Crippen molar-refractivity contribution < 1.29 is 24.5 Å². The van der Waals surface area contributed by atoms with E-state index >= 15 is 0 Å². The first-order chi connectivity index (χ1) is 29.0. The van der Waals surface area contributed by atoms with Gasteiger partial charge in [0.15, 0.2) is 0 Å². The molecule has 59 heavy (non-hydrogen) atoms. The minimum absolute atomic E-state index is 0.0723. The van der Waals surface area contributed by atoms with Crippen LogP contribution in [0.15, 0.2) is 24.3 Å². The normalized spacial score (nSPS) is 13.4. The maximum atomic E-state index is 13.2. The van der Waals surface area contributed by atoms with E-state index in [4.69, 9.17) is 4.74 Å². The Kier molecular flexibility index (Phi) is 46.1. The zero-order valence-electron chi connectivity index (χ0n) is 39.7. The maximum Gasteiger partial charge on any atom is 0.306 e. The highest BCUT2D eigenvalue weighted by Crippen LogP contribution is 2.18. The average Bonchev–Trinajstić information content (AvgIpc) is 3.23. The number of allylic oxidation sites excluding steroid dienone is 4. The van der Waals surface area contributed by atoms with E-state index in [0.717, 1.165) is 64.2 Å². The van der Waals surface area contributed by atoms with Crippen molar-refractivity contribution in [2.75, 3.05) is 6.61 Å². The van der Waals surface area contributed by atoms with Gasteiger partial charge in [-0.25, -0.2) is 0 Å². The molecule has 0 aromatic heterocycles. The largest absolute Gasteiger partial charge is 0.462 e. The van der Waals surface area contributed by atoms with Gasteiger partial charge in [-0.15, -0.1) is 0 Å². The van der Waals surface area contributed by atoms with E-state index < -0.39 is 18.2 Å². The summed E-state index contributed by atoms with van der Waals surface area (Å²) in [5.41, 5.74) is 0. The van der Waals surface area contributed by atoms with Crippen LogP contribution in [0.25, 0.3) is 0 Å². The first-order valence-electron chi connectivity index (χ1n) is 26.1. The second kappa shape index (κ2) is 47.4. The number of ether oxygens (including phenoxy) is 1. The van der Waals surface area contributed by atoms with Crippen molar-refractivity contribution in [1.29, 1.82) is 0 Å².